The first-order valence-electron chi connectivity index (χ1n) is 8.72. The number of piperazine rings is 1. The van der Waals surface area contributed by atoms with Gasteiger partial charge in [0.05, 0.1) is 5.69 Å². The van der Waals surface area contributed by atoms with Crippen molar-refractivity contribution in [3.8, 4) is 5.75 Å². The molecule has 6 nitrogen and oxygen atoms in total. The number of nitrogens with one attached hydrogen (secondary N) is 2. The molecule has 1 fully saturated rings. The zero-order valence-electron chi connectivity index (χ0n) is 15.0. The summed E-state index contributed by atoms with van der Waals surface area (Å²) in [6.45, 7) is 10.7. The van der Waals surface area contributed by atoms with E-state index < -0.39 is 0 Å². The molecule has 134 valence electrons. The van der Waals surface area contributed by atoms with Crippen LogP contribution in [0.3, 0.4) is 0 Å². The maximum absolute atomic E-state index is 11.9. The van der Waals surface area contributed by atoms with Gasteiger partial charge in [-0.05, 0) is 25.1 Å². The van der Waals surface area contributed by atoms with E-state index in [1.54, 1.807) is 0 Å². The number of ether oxygens (including phenoxy) is 1. The zero-order chi connectivity index (χ0) is 17.4. The van der Waals surface area contributed by atoms with Crippen LogP contribution in [-0.2, 0) is 0 Å². The van der Waals surface area contributed by atoms with Crippen LogP contribution in [0.2, 0.25) is 0 Å². The Bertz CT molecular complexity index is 513. The van der Waals surface area contributed by atoms with E-state index >= 15 is 0 Å². The van der Waals surface area contributed by atoms with Gasteiger partial charge in [0.2, 0.25) is 0 Å². The molecule has 2 amide bonds. The van der Waals surface area contributed by atoms with Gasteiger partial charge in [-0.25, -0.2) is 4.79 Å². The first kappa shape index (κ1) is 18.5. The van der Waals surface area contributed by atoms with E-state index in [1.165, 1.54) is 0 Å². The largest absolute Gasteiger partial charge is 0.490 e. The third kappa shape index (κ3) is 6.37. The van der Waals surface area contributed by atoms with Crippen LogP contribution in [0.15, 0.2) is 24.3 Å². The molecule has 1 aliphatic heterocycles. The topological polar surface area (TPSA) is 56.8 Å². The van der Waals surface area contributed by atoms with Crippen LogP contribution in [0, 0.1) is 5.92 Å². The molecule has 1 saturated heterocycles. The summed E-state index contributed by atoms with van der Waals surface area (Å²) < 4.78 is 5.90. The van der Waals surface area contributed by atoms with Gasteiger partial charge >= 0.3 is 6.03 Å². The smallest absolute Gasteiger partial charge is 0.319 e. The molecular weight excluding hydrogens is 304 g/mol. The van der Waals surface area contributed by atoms with Gasteiger partial charge in [0.1, 0.15) is 12.4 Å². The summed E-state index contributed by atoms with van der Waals surface area (Å²) in [6.07, 6.45) is 0. The Labute approximate surface area is 145 Å². The minimum Gasteiger partial charge on any atom is -0.490 e. The third-order valence-electron chi connectivity index (χ3n) is 4.07. The lowest BCUT2D eigenvalue weighted by atomic mass is 10.2. The Morgan fingerprint density at radius 1 is 1.21 bits per heavy atom. The molecule has 0 spiro atoms. The highest BCUT2D eigenvalue weighted by atomic mass is 16.5. The van der Waals surface area contributed by atoms with Crippen molar-refractivity contribution in [2.75, 3.05) is 58.2 Å². The number of rotatable bonds is 7. The maximum Gasteiger partial charge on any atom is 0.319 e. The fraction of sp³-hybridized carbons (Fsp3) is 0.611. The number of urea groups is 1. The molecule has 1 aliphatic rings. The molecule has 0 aromatic heterocycles. The molecular formula is C18H30N4O2. The lowest BCUT2D eigenvalue weighted by Gasteiger charge is -2.32. The van der Waals surface area contributed by atoms with Crippen LogP contribution in [0.4, 0.5) is 10.5 Å². The molecule has 1 heterocycles. The second-order valence-corrected chi connectivity index (χ2v) is 6.72. The SMILES string of the molecule is CC(C)CNC(=O)Nc1ccccc1OCCN1CCN(C)CC1. The molecule has 0 aliphatic carbocycles. The van der Waals surface area contributed by atoms with Crippen molar-refractivity contribution in [1.82, 2.24) is 15.1 Å². The molecule has 0 unspecified atom stereocenters. The molecule has 2 N–H and O–H groups in total. The highest BCUT2D eigenvalue weighted by Gasteiger charge is 2.14. The van der Waals surface area contributed by atoms with Gasteiger partial charge in [0, 0.05) is 39.3 Å². The van der Waals surface area contributed by atoms with Crippen LogP contribution in [0.25, 0.3) is 0 Å². The summed E-state index contributed by atoms with van der Waals surface area (Å²) in [4.78, 5) is 16.7. The fourth-order valence-corrected chi connectivity index (χ4v) is 2.52. The second-order valence-electron chi connectivity index (χ2n) is 6.72. The van der Waals surface area contributed by atoms with Crippen molar-refractivity contribution in [2.24, 2.45) is 5.92 Å². The molecule has 0 bridgehead atoms. The van der Waals surface area contributed by atoms with Gasteiger partial charge < -0.3 is 20.3 Å². The molecule has 24 heavy (non-hydrogen) atoms. The van der Waals surface area contributed by atoms with Gasteiger partial charge in [-0.15, -0.1) is 0 Å². The van der Waals surface area contributed by atoms with Crippen LogP contribution >= 0.6 is 0 Å². The second kappa shape index (κ2) is 9.49. The van der Waals surface area contributed by atoms with Crippen molar-refractivity contribution in [2.45, 2.75) is 13.8 Å². The predicted molar refractivity (Wildman–Crippen MR) is 97.7 cm³/mol. The summed E-state index contributed by atoms with van der Waals surface area (Å²) in [7, 11) is 2.15. The summed E-state index contributed by atoms with van der Waals surface area (Å²) >= 11 is 0. The zero-order valence-corrected chi connectivity index (χ0v) is 15.0. The normalized spacial score (nSPS) is 16.2. The summed E-state index contributed by atoms with van der Waals surface area (Å²) in [6, 6.07) is 7.37. The first-order chi connectivity index (χ1) is 11.5. The van der Waals surface area contributed by atoms with Crippen molar-refractivity contribution in [1.29, 1.82) is 0 Å². The molecule has 0 radical (unpaired) electrons. The Kier molecular flexibility index (Phi) is 7.34. The van der Waals surface area contributed by atoms with E-state index in [-0.39, 0.29) is 6.03 Å². The number of para-hydroxylation sites is 2. The Morgan fingerprint density at radius 3 is 2.62 bits per heavy atom. The Balaban J connectivity index is 1.79. The Hall–Kier alpha value is -1.79. The van der Waals surface area contributed by atoms with Crippen molar-refractivity contribution >= 4 is 11.7 Å². The minimum absolute atomic E-state index is 0.196. The number of benzene rings is 1. The standard InChI is InChI=1S/C18H30N4O2/c1-15(2)14-19-18(23)20-16-6-4-5-7-17(16)24-13-12-22-10-8-21(3)9-11-22/h4-7,15H,8-14H2,1-3H3,(H2,19,20,23). The van der Waals surface area contributed by atoms with E-state index in [1.807, 2.05) is 24.3 Å². The van der Waals surface area contributed by atoms with Gasteiger partial charge in [0.15, 0.2) is 0 Å². The summed E-state index contributed by atoms with van der Waals surface area (Å²) in [5.74, 6) is 1.14. The van der Waals surface area contributed by atoms with Crippen LogP contribution in [-0.4, -0.2) is 68.8 Å². The van der Waals surface area contributed by atoms with Crippen molar-refractivity contribution < 1.29 is 9.53 Å². The molecule has 0 saturated carbocycles. The van der Waals surface area contributed by atoms with Gasteiger partial charge in [-0.2, -0.15) is 0 Å². The quantitative estimate of drug-likeness (QED) is 0.802. The van der Waals surface area contributed by atoms with Gasteiger partial charge in [-0.3, -0.25) is 4.90 Å². The van der Waals surface area contributed by atoms with E-state index in [9.17, 15) is 4.79 Å². The monoisotopic (exact) mass is 334 g/mol. The first-order valence-corrected chi connectivity index (χ1v) is 8.72. The number of hydrogen-bond donors (Lipinski definition) is 2. The number of anilines is 1. The number of nitrogens with zero attached hydrogens (tertiary/aromatic N) is 2. The fourth-order valence-electron chi connectivity index (χ4n) is 2.52. The third-order valence-corrected chi connectivity index (χ3v) is 4.07. The molecule has 2 rings (SSSR count). The van der Waals surface area contributed by atoms with Crippen LogP contribution in [0.5, 0.6) is 5.75 Å². The van der Waals surface area contributed by atoms with Crippen molar-refractivity contribution in [3.05, 3.63) is 24.3 Å². The summed E-state index contributed by atoms with van der Waals surface area (Å²) in [5.41, 5.74) is 0.706. The maximum atomic E-state index is 11.9. The average molecular weight is 334 g/mol. The highest BCUT2D eigenvalue weighted by Crippen LogP contribution is 2.23. The van der Waals surface area contributed by atoms with E-state index in [0.29, 0.717) is 30.5 Å². The predicted octanol–water partition coefficient (Wildman–Crippen LogP) is 2.09. The number of likely N-dealkylation sites (N-methyl/N-ethyl adjacent to an activating group) is 1. The number of carbonyl (C=O) groups is 1. The van der Waals surface area contributed by atoms with Crippen LogP contribution < -0.4 is 15.4 Å². The van der Waals surface area contributed by atoms with Gasteiger partial charge in [0.25, 0.3) is 0 Å². The number of amides is 2. The number of carbonyl (C=O) groups excluding carboxylic acids is 1. The minimum atomic E-state index is -0.196. The van der Waals surface area contributed by atoms with Crippen LogP contribution in [0.1, 0.15) is 13.8 Å². The van der Waals surface area contributed by atoms with E-state index in [0.717, 1.165) is 32.7 Å². The molecule has 1 aromatic rings. The lowest BCUT2D eigenvalue weighted by Crippen LogP contribution is -2.45. The molecule has 0 atom stereocenters. The highest BCUT2D eigenvalue weighted by molar-refractivity contribution is 5.90. The molecule has 1 aromatic carbocycles. The Morgan fingerprint density at radius 2 is 1.92 bits per heavy atom. The van der Waals surface area contributed by atoms with Crippen molar-refractivity contribution in [3.63, 3.8) is 0 Å². The summed E-state index contributed by atoms with van der Waals surface area (Å²) in [5, 5.41) is 5.72. The van der Waals surface area contributed by atoms with Gasteiger partial charge in [-0.1, -0.05) is 26.0 Å². The average Bonchev–Trinajstić information content (AvgIpc) is 2.56. The van der Waals surface area contributed by atoms with E-state index in [4.69, 9.17) is 4.74 Å². The van der Waals surface area contributed by atoms with E-state index in [2.05, 4.69) is 41.3 Å². The molecule has 6 heteroatoms. The number of hydrogen-bond acceptors (Lipinski definition) is 4. The lowest BCUT2D eigenvalue weighted by molar-refractivity contribution is 0.134.